The number of ketones is 1. The Hall–Kier alpha value is -1.61. The zero-order valence-corrected chi connectivity index (χ0v) is 9.85. The molecule has 84 valence electrons. The van der Waals surface area contributed by atoms with Crippen molar-refractivity contribution in [3.05, 3.63) is 35.0 Å². The molecule has 3 heteroatoms. The minimum atomic E-state index is 0.136. The average molecular weight is 216 g/mol. The lowest BCUT2D eigenvalue weighted by Gasteiger charge is -2.00. The summed E-state index contributed by atoms with van der Waals surface area (Å²) in [7, 11) is 1.79. The molecule has 1 aromatic carbocycles. The Morgan fingerprint density at radius 1 is 1.38 bits per heavy atom. The number of fused-ring (bicyclic) bond motifs is 1. The van der Waals surface area contributed by atoms with Gasteiger partial charge in [0.15, 0.2) is 5.78 Å². The van der Waals surface area contributed by atoms with Gasteiger partial charge in [-0.25, -0.2) is 0 Å². The fraction of sp³-hybridized carbons (Fsp3) is 0.308. The van der Waals surface area contributed by atoms with Crippen molar-refractivity contribution in [2.45, 2.75) is 13.8 Å². The van der Waals surface area contributed by atoms with Crippen LogP contribution < -0.4 is 5.32 Å². The first-order chi connectivity index (χ1) is 7.63. The molecule has 1 aromatic heterocycles. The van der Waals surface area contributed by atoms with Gasteiger partial charge in [0, 0.05) is 22.2 Å². The van der Waals surface area contributed by atoms with Gasteiger partial charge in [-0.15, -0.1) is 0 Å². The average Bonchev–Trinajstić information content (AvgIpc) is 2.53. The first-order valence-electron chi connectivity index (χ1n) is 5.40. The SMILES string of the molecule is CNCC(=O)c1c(C)[nH]c2ccc(C)cc12. The molecule has 2 aromatic rings. The Morgan fingerprint density at radius 3 is 2.81 bits per heavy atom. The minimum Gasteiger partial charge on any atom is -0.358 e. The van der Waals surface area contributed by atoms with E-state index in [-0.39, 0.29) is 5.78 Å². The largest absolute Gasteiger partial charge is 0.358 e. The standard InChI is InChI=1S/C13H16N2O/c1-8-4-5-11-10(6-8)13(9(2)15-11)12(16)7-14-3/h4-6,14-15H,7H2,1-3H3. The van der Waals surface area contributed by atoms with E-state index in [4.69, 9.17) is 0 Å². The second kappa shape index (κ2) is 4.10. The topological polar surface area (TPSA) is 44.9 Å². The van der Waals surface area contributed by atoms with Crippen LogP contribution in [0.25, 0.3) is 10.9 Å². The third kappa shape index (κ3) is 1.74. The number of hydrogen-bond donors (Lipinski definition) is 2. The van der Waals surface area contributed by atoms with E-state index in [0.717, 1.165) is 22.2 Å². The van der Waals surface area contributed by atoms with E-state index in [1.54, 1.807) is 7.05 Å². The van der Waals surface area contributed by atoms with Crippen molar-refractivity contribution < 1.29 is 4.79 Å². The highest BCUT2D eigenvalue weighted by atomic mass is 16.1. The van der Waals surface area contributed by atoms with Crippen molar-refractivity contribution in [2.75, 3.05) is 13.6 Å². The van der Waals surface area contributed by atoms with E-state index in [1.165, 1.54) is 5.56 Å². The van der Waals surface area contributed by atoms with Gasteiger partial charge in [-0.05, 0) is 33.0 Å². The van der Waals surface area contributed by atoms with E-state index in [2.05, 4.69) is 16.4 Å². The molecule has 0 saturated heterocycles. The van der Waals surface area contributed by atoms with Gasteiger partial charge >= 0.3 is 0 Å². The second-order valence-corrected chi connectivity index (χ2v) is 4.13. The van der Waals surface area contributed by atoms with E-state index in [1.807, 2.05) is 26.0 Å². The molecule has 0 aliphatic heterocycles. The summed E-state index contributed by atoms with van der Waals surface area (Å²) < 4.78 is 0. The Balaban J connectivity index is 2.62. The molecule has 3 nitrogen and oxygen atoms in total. The summed E-state index contributed by atoms with van der Waals surface area (Å²) in [5.41, 5.74) is 3.96. The number of carbonyl (C=O) groups excluding carboxylic acids is 1. The van der Waals surface area contributed by atoms with Crippen LogP contribution >= 0.6 is 0 Å². The number of H-pyrrole nitrogens is 1. The van der Waals surface area contributed by atoms with Crippen LogP contribution in [0.5, 0.6) is 0 Å². The lowest BCUT2D eigenvalue weighted by molar-refractivity contribution is 0.0994. The Morgan fingerprint density at radius 2 is 2.12 bits per heavy atom. The summed E-state index contributed by atoms with van der Waals surface area (Å²) in [6.45, 7) is 4.36. The number of Topliss-reactive ketones (excluding diaryl/α,β-unsaturated/α-hetero) is 1. The monoisotopic (exact) mass is 216 g/mol. The van der Waals surface area contributed by atoms with E-state index in [9.17, 15) is 4.79 Å². The first kappa shape index (κ1) is 10.9. The van der Waals surface area contributed by atoms with Crippen molar-refractivity contribution in [3.8, 4) is 0 Å². The number of hydrogen-bond acceptors (Lipinski definition) is 2. The van der Waals surface area contributed by atoms with E-state index >= 15 is 0 Å². The summed E-state index contributed by atoms with van der Waals surface area (Å²) in [6.07, 6.45) is 0. The van der Waals surface area contributed by atoms with Crippen LogP contribution in [0.15, 0.2) is 18.2 Å². The molecule has 0 saturated carbocycles. The number of aromatic nitrogens is 1. The van der Waals surface area contributed by atoms with Crippen LogP contribution in [0, 0.1) is 13.8 Å². The van der Waals surface area contributed by atoms with Crippen LogP contribution in [0.4, 0.5) is 0 Å². The number of benzene rings is 1. The number of aryl methyl sites for hydroxylation is 2. The van der Waals surface area contributed by atoms with E-state index in [0.29, 0.717) is 6.54 Å². The quantitative estimate of drug-likeness (QED) is 0.772. The lowest BCUT2D eigenvalue weighted by atomic mass is 10.0. The maximum atomic E-state index is 12.0. The Bertz CT molecular complexity index is 540. The van der Waals surface area contributed by atoms with Crippen molar-refractivity contribution in [1.82, 2.24) is 10.3 Å². The highest BCUT2D eigenvalue weighted by Crippen LogP contribution is 2.23. The Kier molecular flexibility index (Phi) is 2.79. The smallest absolute Gasteiger partial charge is 0.179 e. The maximum absolute atomic E-state index is 12.0. The van der Waals surface area contributed by atoms with Crippen LogP contribution in [0.2, 0.25) is 0 Å². The van der Waals surface area contributed by atoms with Gasteiger partial charge in [0.05, 0.1) is 6.54 Å². The molecule has 0 unspecified atom stereocenters. The second-order valence-electron chi connectivity index (χ2n) is 4.13. The molecule has 2 N–H and O–H groups in total. The van der Waals surface area contributed by atoms with Gasteiger partial charge in [-0.3, -0.25) is 4.79 Å². The van der Waals surface area contributed by atoms with Crippen LogP contribution in [0.1, 0.15) is 21.6 Å². The highest BCUT2D eigenvalue weighted by molar-refractivity contribution is 6.10. The number of nitrogens with one attached hydrogen (secondary N) is 2. The zero-order chi connectivity index (χ0) is 11.7. The van der Waals surface area contributed by atoms with Crippen LogP contribution in [-0.2, 0) is 0 Å². The summed E-state index contributed by atoms with van der Waals surface area (Å²) >= 11 is 0. The van der Waals surface area contributed by atoms with Crippen molar-refractivity contribution in [2.24, 2.45) is 0 Å². The molecule has 1 heterocycles. The van der Waals surface area contributed by atoms with Crippen LogP contribution in [-0.4, -0.2) is 24.4 Å². The highest BCUT2D eigenvalue weighted by Gasteiger charge is 2.14. The van der Waals surface area contributed by atoms with Gasteiger partial charge in [0.25, 0.3) is 0 Å². The van der Waals surface area contributed by atoms with E-state index < -0.39 is 0 Å². The molecule has 0 aliphatic rings. The van der Waals surface area contributed by atoms with Crippen molar-refractivity contribution in [1.29, 1.82) is 0 Å². The first-order valence-corrected chi connectivity index (χ1v) is 5.40. The molecule has 16 heavy (non-hydrogen) atoms. The molecule has 0 amide bonds. The molecular formula is C13H16N2O. The molecule has 0 aliphatic carbocycles. The van der Waals surface area contributed by atoms with Gasteiger partial charge in [-0.1, -0.05) is 11.6 Å². The molecule has 2 rings (SSSR count). The molecule has 0 radical (unpaired) electrons. The number of rotatable bonds is 3. The summed E-state index contributed by atoms with van der Waals surface area (Å²) in [6, 6.07) is 6.13. The number of aromatic amines is 1. The Labute approximate surface area is 94.9 Å². The third-order valence-corrected chi connectivity index (χ3v) is 2.76. The lowest BCUT2D eigenvalue weighted by Crippen LogP contribution is -2.18. The number of likely N-dealkylation sites (N-methyl/N-ethyl adjacent to an activating group) is 1. The summed E-state index contributed by atoms with van der Waals surface area (Å²) in [4.78, 5) is 15.2. The van der Waals surface area contributed by atoms with Gasteiger partial charge in [-0.2, -0.15) is 0 Å². The fourth-order valence-electron chi connectivity index (χ4n) is 2.05. The fourth-order valence-corrected chi connectivity index (χ4v) is 2.05. The van der Waals surface area contributed by atoms with Crippen LogP contribution in [0.3, 0.4) is 0 Å². The molecule has 0 bridgehead atoms. The molecule has 0 atom stereocenters. The summed E-state index contributed by atoms with van der Waals surface area (Å²) in [5, 5.41) is 3.92. The van der Waals surface area contributed by atoms with Gasteiger partial charge in [0.1, 0.15) is 0 Å². The number of carbonyl (C=O) groups is 1. The summed E-state index contributed by atoms with van der Waals surface area (Å²) in [5.74, 6) is 0.136. The van der Waals surface area contributed by atoms with Crippen molar-refractivity contribution >= 4 is 16.7 Å². The predicted octanol–water partition coefficient (Wildman–Crippen LogP) is 2.19. The predicted molar refractivity (Wildman–Crippen MR) is 66.0 cm³/mol. The molecule has 0 fully saturated rings. The molecular weight excluding hydrogens is 200 g/mol. The zero-order valence-electron chi connectivity index (χ0n) is 9.85. The van der Waals surface area contributed by atoms with Gasteiger partial charge in [0.2, 0.25) is 0 Å². The molecule has 0 spiro atoms. The van der Waals surface area contributed by atoms with Crippen molar-refractivity contribution in [3.63, 3.8) is 0 Å². The third-order valence-electron chi connectivity index (χ3n) is 2.76. The van der Waals surface area contributed by atoms with Gasteiger partial charge < -0.3 is 10.3 Å². The maximum Gasteiger partial charge on any atom is 0.179 e. The minimum absolute atomic E-state index is 0.136. The normalized spacial score (nSPS) is 10.9.